The largest absolute Gasteiger partial charge is 0.389 e. The Labute approximate surface area is 174 Å². The number of ketones is 1. The molecule has 0 saturated carbocycles. The summed E-state index contributed by atoms with van der Waals surface area (Å²) in [6.07, 6.45) is -0.844. The zero-order valence-corrected chi connectivity index (χ0v) is 16.5. The fourth-order valence-corrected chi connectivity index (χ4v) is 3.24. The van der Waals surface area contributed by atoms with E-state index in [1.807, 2.05) is 36.4 Å². The maximum absolute atomic E-state index is 13.0. The summed E-state index contributed by atoms with van der Waals surface area (Å²) in [6.45, 7) is 0. The number of alkyl halides is 3. The van der Waals surface area contributed by atoms with Crippen molar-refractivity contribution in [2.45, 2.75) is 44.7 Å². The van der Waals surface area contributed by atoms with Crippen LogP contribution in [0.4, 0.5) is 13.2 Å². The molecule has 0 fully saturated rings. The maximum Gasteiger partial charge on any atom is 0.389 e. The zero-order valence-electron chi connectivity index (χ0n) is 16.5. The van der Waals surface area contributed by atoms with Gasteiger partial charge in [0.1, 0.15) is 0 Å². The van der Waals surface area contributed by atoms with Gasteiger partial charge < -0.3 is 0 Å². The quantitative estimate of drug-likeness (QED) is 0.300. The van der Waals surface area contributed by atoms with E-state index in [0.717, 1.165) is 5.56 Å². The van der Waals surface area contributed by atoms with Crippen LogP contribution in [0.2, 0.25) is 0 Å². The minimum absolute atomic E-state index is 0.123. The summed E-state index contributed by atoms with van der Waals surface area (Å²) in [5.74, 6) is 0.384. The number of aromatic nitrogens is 2. The molecule has 0 amide bonds. The van der Waals surface area contributed by atoms with E-state index in [2.05, 4.69) is 9.97 Å². The zero-order chi connectivity index (χ0) is 21.4. The van der Waals surface area contributed by atoms with E-state index in [-0.39, 0.29) is 12.2 Å². The van der Waals surface area contributed by atoms with E-state index in [0.29, 0.717) is 48.3 Å². The van der Waals surface area contributed by atoms with E-state index in [9.17, 15) is 18.0 Å². The summed E-state index contributed by atoms with van der Waals surface area (Å²) >= 11 is 0. The van der Waals surface area contributed by atoms with Gasteiger partial charge in [-0.1, -0.05) is 73.5 Å². The number of benzene rings is 2. The molecule has 0 N–H and O–H groups in total. The highest BCUT2D eigenvalue weighted by Gasteiger charge is 2.25. The molecule has 0 radical (unpaired) electrons. The number of unbranched alkanes of at least 4 members (excludes halogenated alkanes) is 3. The Hall–Kier alpha value is -3.02. The molecular formula is C24H23F3N2O. The van der Waals surface area contributed by atoms with Crippen LogP contribution in [0, 0.1) is 0 Å². The number of nitrogens with zero attached hydrogens (tertiary/aromatic N) is 2. The molecule has 30 heavy (non-hydrogen) atoms. The van der Waals surface area contributed by atoms with Gasteiger partial charge in [-0.05, 0) is 19.3 Å². The third-order valence-corrected chi connectivity index (χ3v) is 4.80. The highest BCUT2D eigenvalue weighted by Crippen LogP contribution is 2.24. The van der Waals surface area contributed by atoms with E-state index in [1.54, 1.807) is 30.5 Å². The van der Waals surface area contributed by atoms with Gasteiger partial charge in [-0.3, -0.25) is 4.79 Å². The standard InChI is InChI=1S/C24H23F3N2O/c25-24(26,27)16-10-2-1-9-15-21-20(22(30)18-11-5-3-6-12-18)17-28-23(29-21)19-13-7-4-8-14-19/h3-8,11-14,17H,1-2,9-10,15-16H2. The van der Waals surface area contributed by atoms with Gasteiger partial charge in [-0.2, -0.15) is 13.2 Å². The molecule has 0 unspecified atom stereocenters. The summed E-state index contributed by atoms with van der Waals surface area (Å²) in [5, 5.41) is 0. The summed E-state index contributed by atoms with van der Waals surface area (Å²) in [6, 6.07) is 18.4. The Morgan fingerprint density at radius 1 is 0.833 bits per heavy atom. The van der Waals surface area contributed by atoms with Gasteiger partial charge in [0.2, 0.25) is 0 Å². The minimum Gasteiger partial charge on any atom is -0.288 e. The van der Waals surface area contributed by atoms with Gasteiger partial charge in [-0.15, -0.1) is 0 Å². The lowest BCUT2D eigenvalue weighted by atomic mass is 9.99. The van der Waals surface area contributed by atoms with Crippen molar-refractivity contribution in [3.63, 3.8) is 0 Å². The predicted octanol–water partition coefficient (Wildman–Crippen LogP) is 6.43. The molecule has 0 aliphatic rings. The molecule has 0 atom stereocenters. The monoisotopic (exact) mass is 412 g/mol. The number of carbonyl (C=O) groups is 1. The average Bonchev–Trinajstić information content (AvgIpc) is 2.76. The molecule has 0 aliphatic heterocycles. The van der Waals surface area contributed by atoms with Gasteiger partial charge in [0.25, 0.3) is 0 Å². The Morgan fingerprint density at radius 2 is 1.47 bits per heavy atom. The molecule has 1 aromatic heterocycles. The number of aryl methyl sites for hydroxylation is 1. The Kier molecular flexibility index (Phi) is 7.33. The van der Waals surface area contributed by atoms with Crippen LogP contribution < -0.4 is 0 Å². The van der Waals surface area contributed by atoms with Crippen LogP contribution in [-0.2, 0) is 6.42 Å². The molecule has 2 aromatic carbocycles. The molecule has 3 rings (SSSR count). The van der Waals surface area contributed by atoms with Gasteiger partial charge in [-0.25, -0.2) is 9.97 Å². The fraction of sp³-hybridized carbons (Fsp3) is 0.292. The second kappa shape index (κ2) is 10.1. The lowest BCUT2D eigenvalue weighted by Crippen LogP contribution is -2.10. The smallest absolute Gasteiger partial charge is 0.288 e. The second-order valence-corrected chi connectivity index (χ2v) is 7.14. The van der Waals surface area contributed by atoms with E-state index >= 15 is 0 Å². The van der Waals surface area contributed by atoms with E-state index in [1.165, 1.54) is 0 Å². The first-order valence-corrected chi connectivity index (χ1v) is 10.0. The first-order valence-electron chi connectivity index (χ1n) is 10.0. The molecular weight excluding hydrogens is 389 g/mol. The maximum atomic E-state index is 13.0. The number of rotatable bonds is 9. The minimum atomic E-state index is -4.10. The lowest BCUT2D eigenvalue weighted by Gasteiger charge is -2.10. The van der Waals surface area contributed by atoms with Crippen LogP contribution in [0.25, 0.3) is 11.4 Å². The summed E-state index contributed by atoms with van der Waals surface area (Å²) in [5.41, 5.74) is 2.48. The molecule has 0 aliphatic carbocycles. The number of hydrogen-bond acceptors (Lipinski definition) is 3. The van der Waals surface area contributed by atoms with Crippen molar-refractivity contribution in [2.75, 3.05) is 0 Å². The summed E-state index contributed by atoms with van der Waals surface area (Å²) < 4.78 is 36.9. The topological polar surface area (TPSA) is 42.9 Å². The Balaban J connectivity index is 1.76. The number of halogens is 3. The van der Waals surface area contributed by atoms with Crippen molar-refractivity contribution in [2.24, 2.45) is 0 Å². The van der Waals surface area contributed by atoms with Gasteiger partial charge in [0.05, 0.1) is 11.3 Å². The van der Waals surface area contributed by atoms with Crippen LogP contribution in [0.1, 0.15) is 53.7 Å². The van der Waals surface area contributed by atoms with E-state index in [4.69, 9.17) is 0 Å². The van der Waals surface area contributed by atoms with Crippen molar-refractivity contribution >= 4 is 5.78 Å². The normalized spacial score (nSPS) is 11.4. The molecule has 3 aromatic rings. The van der Waals surface area contributed by atoms with Crippen molar-refractivity contribution in [3.05, 3.63) is 83.7 Å². The summed E-state index contributed by atoms with van der Waals surface area (Å²) in [7, 11) is 0. The van der Waals surface area contributed by atoms with Gasteiger partial charge in [0.15, 0.2) is 11.6 Å². The third-order valence-electron chi connectivity index (χ3n) is 4.80. The van der Waals surface area contributed by atoms with Crippen LogP contribution in [0.15, 0.2) is 66.9 Å². The first-order chi connectivity index (χ1) is 14.4. The van der Waals surface area contributed by atoms with Crippen molar-refractivity contribution < 1.29 is 18.0 Å². The Morgan fingerprint density at radius 3 is 2.13 bits per heavy atom. The average molecular weight is 412 g/mol. The highest BCUT2D eigenvalue weighted by molar-refractivity contribution is 6.09. The molecule has 1 heterocycles. The predicted molar refractivity (Wildman–Crippen MR) is 110 cm³/mol. The van der Waals surface area contributed by atoms with Crippen LogP contribution in [0.3, 0.4) is 0 Å². The fourth-order valence-electron chi connectivity index (χ4n) is 3.24. The first kappa shape index (κ1) is 21.7. The van der Waals surface area contributed by atoms with Gasteiger partial charge in [0, 0.05) is 23.7 Å². The van der Waals surface area contributed by atoms with E-state index < -0.39 is 12.6 Å². The van der Waals surface area contributed by atoms with Crippen LogP contribution >= 0.6 is 0 Å². The van der Waals surface area contributed by atoms with Crippen molar-refractivity contribution in [1.29, 1.82) is 0 Å². The van der Waals surface area contributed by atoms with Crippen LogP contribution in [-0.4, -0.2) is 21.9 Å². The molecule has 0 spiro atoms. The van der Waals surface area contributed by atoms with Crippen molar-refractivity contribution in [1.82, 2.24) is 9.97 Å². The summed E-state index contributed by atoms with van der Waals surface area (Å²) in [4.78, 5) is 22.0. The van der Waals surface area contributed by atoms with Gasteiger partial charge >= 0.3 is 6.18 Å². The third kappa shape index (κ3) is 6.24. The molecule has 6 heteroatoms. The molecule has 3 nitrogen and oxygen atoms in total. The molecule has 156 valence electrons. The highest BCUT2D eigenvalue weighted by atomic mass is 19.4. The SMILES string of the molecule is O=C(c1ccccc1)c1cnc(-c2ccccc2)nc1CCCCCCC(F)(F)F. The van der Waals surface area contributed by atoms with Crippen LogP contribution in [0.5, 0.6) is 0 Å². The second-order valence-electron chi connectivity index (χ2n) is 7.14. The lowest BCUT2D eigenvalue weighted by molar-refractivity contribution is -0.135. The number of carbonyl (C=O) groups excluding carboxylic acids is 1. The molecule has 0 bridgehead atoms. The number of hydrogen-bond donors (Lipinski definition) is 0. The van der Waals surface area contributed by atoms with Crippen molar-refractivity contribution in [3.8, 4) is 11.4 Å². The Bertz CT molecular complexity index is 957. The molecule has 0 saturated heterocycles.